The fraction of sp³-hybridized carbons (Fsp3) is 0.207. The normalized spacial score (nSPS) is 13.4. The number of anilines is 2. The maximum absolute atomic E-state index is 13.9. The molecule has 0 bridgehead atoms. The number of nitrogens with one attached hydrogen (secondary N) is 2. The quantitative estimate of drug-likeness (QED) is 0.312. The molecular formula is C29H27FN8O3. The summed E-state index contributed by atoms with van der Waals surface area (Å²) in [6.07, 6.45) is 12.2. The van der Waals surface area contributed by atoms with E-state index in [1.54, 1.807) is 49.4 Å². The van der Waals surface area contributed by atoms with Crippen LogP contribution < -0.4 is 31.7 Å². The summed E-state index contributed by atoms with van der Waals surface area (Å²) < 4.78 is 22.6. The van der Waals surface area contributed by atoms with Gasteiger partial charge < -0.3 is 24.6 Å². The van der Waals surface area contributed by atoms with E-state index in [2.05, 4.69) is 25.8 Å². The molecule has 1 atom stereocenters. The highest BCUT2D eigenvalue weighted by Gasteiger charge is 2.20. The van der Waals surface area contributed by atoms with Crippen molar-refractivity contribution < 1.29 is 13.7 Å². The third-order valence-corrected chi connectivity index (χ3v) is 7.16. The van der Waals surface area contributed by atoms with Crippen LogP contribution in [0.2, 0.25) is 0 Å². The molecule has 41 heavy (non-hydrogen) atoms. The first kappa shape index (κ1) is 26.1. The van der Waals surface area contributed by atoms with E-state index in [9.17, 15) is 14.0 Å². The highest BCUT2D eigenvalue weighted by molar-refractivity contribution is 5.93. The predicted octanol–water partition coefficient (Wildman–Crippen LogP) is 1.65. The molecule has 1 aliphatic heterocycles. The molecule has 0 spiro atoms. The number of nitrogens with zero attached hydrogens (tertiary/aromatic N) is 6. The summed E-state index contributed by atoms with van der Waals surface area (Å²) in [5.41, 5.74) is 3.46. The van der Waals surface area contributed by atoms with Crippen LogP contribution in [0.3, 0.4) is 0 Å². The van der Waals surface area contributed by atoms with Gasteiger partial charge >= 0.3 is 0 Å². The number of amides is 1. The maximum atomic E-state index is 13.9. The summed E-state index contributed by atoms with van der Waals surface area (Å²) in [5.74, 6) is -0.239. The second-order valence-electron chi connectivity index (χ2n) is 9.88. The number of hydrogen-bond acceptors (Lipinski definition) is 8. The molecule has 0 saturated heterocycles. The van der Waals surface area contributed by atoms with Crippen LogP contribution in [0.1, 0.15) is 18.1 Å². The zero-order valence-corrected chi connectivity index (χ0v) is 22.6. The van der Waals surface area contributed by atoms with Crippen LogP contribution in [0.5, 0.6) is 0 Å². The van der Waals surface area contributed by atoms with Gasteiger partial charge in [0.2, 0.25) is 5.91 Å². The summed E-state index contributed by atoms with van der Waals surface area (Å²) in [4.78, 5) is 36.9. The summed E-state index contributed by atoms with van der Waals surface area (Å²) in [7, 11) is 1.66. The average molecular weight is 555 g/mol. The van der Waals surface area contributed by atoms with Crippen LogP contribution in [-0.2, 0) is 11.3 Å². The Morgan fingerprint density at radius 2 is 2.05 bits per heavy atom. The first-order chi connectivity index (χ1) is 19.8. The van der Waals surface area contributed by atoms with Crippen molar-refractivity contribution in [3.63, 3.8) is 0 Å². The van der Waals surface area contributed by atoms with Crippen molar-refractivity contribution in [1.29, 1.82) is 0 Å². The number of halogens is 1. The lowest BCUT2D eigenvalue weighted by Crippen LogP contribution is -2.40. The number of pyridine rings is 1. The molecule has 1 aromatic carbocycles. The van der Waals surface area contributed by atoms with Crippen molar-refractivity contribution in [3.05, 3.63) is 93.2 Å². The van der Waals surface area contributed by atoms with Gasteiger partial charge in [-0.25, -0.2) is 9.37 Å². The first-order valence-corrected chi connectivity index (χ1v) is 13.0. The molecule has 0 fully saturated rings. The Balaban J connectivity index is 1.42. The minimum Gasteiger partial charge on any atom is -0.357 e. The number of carbonyl (C=O) groups is 1. The lowest BCUT2D eigenvalue weighted by Gasteiger charge is -2.24. The van der Waals surface area contributed by atoms with Gasteiger partial charge in [0.25, 0.3) is 5.56 Å². The summed E-state index contributed by atoms with van der Waals surface area (Å²) in [6, 6.07) is 6.08. The molecule has 5 aromatic rings. The van der Waals surface area contributed by atoms with Gasteiger partial charge in [0.15, 0.2) is 11.2 Å². The SMILES string of the molecule is CN[C@@H](C)C(=O)Nc1ncc(N2C=c3cnoc3=CC2)n(Cc2cncc(-n3cc(C)c4cc(F)ccc43)c2)c1=O. The predicted molar refractivity (Wildman–Crippen MR) is 153 cm³/mol. The lowest BCUT2D eigenvalue weighted by atomic mass is 10.2. The molecule has 0 radical (unpaired) electrons. The van der Waals surface area contributed by atoms with Gasteiger partial charge in [0.05, 0.1) is 47.6 Å². The van der Waals surface area contributed by atoms with Gasteiger partial charge in [0.1, 0.15) is 11.6 Å². The first-order valence-electron chi connectivity index (χ1n) is 13.0. The van der Waals surface area contributed by atoms with Crippen LogP contribution in [0, 0.1) is 12.7 Å². The van der Waals surface area contributed by atoms with E-state index in [1.165, 1.54) is 12.1 Å². The van der Waals surface area contributed by atoms with Crippen LogP contribution >= 0.6 is 0 Å². The van der Waals surface area contributed by atoms with Gasteiger partial charge in [-0.2, -0.15) is 0 Å². The van der Waals surface area contributed by atoms with Gasteiger partial charge in [-0.15, -0.1) is 0 Å². The number of benzene rings is 1. The van der Waals surface area contributed by atoms with Crippen LogP contribution in [0.15, 0.2) is 64.6 Å². The minimum absolute atomic E-state index is 0.0781. The van der Waals surface area contributed by atoms with Gasteiger partial charge in [-0.3, -0.25) is 19.1 Å². The average Bonchev–Trinajstić information content (AvgIpc) is 3.58. The third-order valence-electron chi connectivity index (χ3n) is 7.16. The molecule has 5 heterocycles. The number of aromatic nitrogens is 5. The smallest absolute Gasteiger partial charge is 0.295 e. The monoisotopic (exact) mass is 554 g/mol. The van der Waals surface area contributed by atoms with Crippen LogP contribution in [0.4, 0.5) is 16.0 Å². The second kappa shape index (κ2) is 10.5. The third kappa shape index (κ3) is 4.89. The molecule has 1 amide bonds. The number of likely N-dealkylation sites (N-methyl/N-ethyl adjacent to an activating group) is 1. The van der Waals surface area contributed by atoms with E-state index in [0.29, 0.717) is 17.8 Å². The van der Waals surface area contributed by atoms with Crippen molar-refractivity contribution in [1.82, 2.24) is 29.6 Å². The second-order valence-corrected chi connectivity index (χ2v) is 9.88. The van der Waals surface area contributed by atoms with Crippen LogP contribution in [-0.4, -0.2) is 49.8 Å². The molecule has 12 heteroatoms. The topological polar surface area (TPSA) is 123 Å². The molecular weight excluding hydrogens is 527 g/mol. The molecule has 11 nitrogen and oxygen atoms in total. The summed E-state index contributed by atoms with van der Waals surface area (Å²) in [5, 5.41) is 10.9. The Labute approximate surface area is 233 Å². The Morgan fingerprint density at radius 3 is 2.88 bits per heavy atom. The van der Waals surface area contributed by atoms with Crippen molar-refractivity contribution in [2.24, 2.45) is 0 Å². The fourth-order valence-corrected chi connectivity index (χ4v) is 4.83. The Kier molecular flexibility index (Phi) is 6.67. The van der Waals surface area contributed by atoms with E-state index in [4.69, 9.17) is 4.52 Å². The molecule has 6 rings (SSSR count). The van der Waals surface area contributed by atoms with E-state index in [0.717, 1.165) is 32.9 Å². The van der Waals surface area contributed by atoms with Crippen molar-refractivity contribution in [3.8, 4) is 5.69 Å². The highest BCUT2D eigenvalue weighted by atomic mass is 19.1. The zero-order chi connectivity index (χ0) is 28.7. The Hall–Kier alpha value is -5.10. The minimum atomic E-state index is -0.518. The fourth-order valence-electron chi connectivity index (χ4n) is 4.83. The van der Waals surface area contributed by atoms with Crippen LogP contribution in [0.25, 0.3) is 28.9 Å². The van der Waals surface area contributed by atoms with E-state index in [-0.39, 0.29) is 24.1 Å². The standard InChI is InChI=1S/C29H27FN8O3/c1-17-14-37(24-5-4-21(30)9-23(17)24)22-8-19(10-32-12-22)15-38-26(36-7-6-25-20(16-36)11-34-41-25)13-33-27(29(38)40)35-28(39)18(2)31-3/h4-6,8-14,16,18,31H,7,15H2,1-3H3,(H,33,35,39)/t18-/m0/s1. The summed E-state index contributed by atoms with van der Waals surface area (Å²) in [6.45, 7) is 4.19. The molecule has 0 aliphatic carbocycles. The number of carbonyl (C=O) groups excluding carboxylic acids is 1. The van der Waals surface area contributed by atoms with Crippen molar-refractivity contribution >= 4 is 40.7 Å². The Morgan fingerprint density at radius 1 is 1.20 bits per heavy atom. The van der Waals surface area contributed by atoms with Crippen molar-refractivity contribution in [2.45, 2.75) is 26.4 Å². The number of aryl methyl sites for hydroxylation is 1. The number of hydrogen-bond donors (Lipinski definition) is 2. The molecule has 0 saturated carbocycles. The number of rotatable bonds is 7. The molecule has 2 N–H and O–H groups in total. The van der Waals surface area contributed by atoms with Gasteiger partial charge in [-0.1, -0.05) is 5.16 Å². The Bertz CT molecular complexity index is 1980. The van der Waals surface area contributed by atoms with Gasteiger partial charge in [0, 0.05) is 30.5 Å². The molecule has 0 unspecified atom stereocenters. The lowest BCUT2D eigenvalue weighted by molar-refractivity contribution is -0.117. The van der Waals surface area contributed by atoms with Gasteiger partial charge in [-0.05, 0) is 62.4 Å². The van der Waals surface area contributed by atoms with E-state index >= 15 is 0 Å². The number of fused-ring (bicyclic) bond motifs is 2. The molecule has 1 aliphatic rings. The zero-order valence-electron chi connectivity index (χ0n) is 22.6. The van der Waals surface area contributed by atoms with E-state index in [1.807, 2.05) is 40.9 Å². The molecule has 208 valence electrons. The highest BCUT2D eigenvalue weighted by Crippen LogP contribution is 2.26. The van der Waals surface area contributed by atoms with Crippen molar-refractivity contribution in [2.75, 3.05) is 23.8 Å². The van der Waals surface area contributed by atoms with E-state index < -0.39 is 11.6 Å². The largest absolute Gasteiger partial charge is 0.357 e. The molecule has 4 aromatic heterocycles. The summed E-state index contributed by atoms with van der Waals surface area (Å²) >= 11 is 0. The maximum Gasteiger partial charge on any atom is 0.295 e.